The maximum Gasteiger partial charge on any atom is -0.00488 e. The molecule has 0 aromatic heterocycles. The molecule has 0 aromatic rings. The lowest BCUT2D eigenvalue weighted by atomic mass is 9.83. The van der Waals surface area contributed by atoms with Crippen LogP contribution in [0.3, 0.4) is 0 Å². The zero-order chi connectivity index (χ0) is 6.69. The lowest BCUT2D eigenvalue weighted by Gasteiger charge is -2.25. The normalized spacial score (nSPS) is 36.7. The van der Waals surface area contributed by atoms with Crippen LogP contribution in [0.5, 0.6) is 0 Å². The summed E-state index contributed by atoms with van der Waals surface area (Å²) in [6.07, 6.45) is 5.58. The molecule has 1 fully saturated rings. The molecule has 1 unspecified atom stereocenters. The van der Waals surface area contributed by atoms with Gasteiger partial charge in [-0.1, -0.05) is 19.8 Å². The van der Waals surface area contributed by atoms with Gasteiger partial charge in [-0.3, -0.25) is 0 Å². The Morgan fingerprint density at radius 2 is 2.22 bits per heavy atom. The summed E-state index contributed by atoms with van der Waals surface area (Å²) in [6.45, 7) is 3.24. The van der Waals surface area contributed by atoms with Crippen LogP contribution in [0.1, 0.15) is 32.6 Å². The monoisotopic (exact) mass is 127 g/mol. The molecule has 0 heterocycles. The summed E-state index contributed by atoms with van der Waals surface area (Å²) in [5.74, 6) is 1.78. The van der Waals surface area contributed by atoms with E-state index in [4.69, 9.17) is 5.73 Å². The van der Waals surface area contributed by atoms with Crippen LogP contribution in [0.15, 0.2) is 0 Å². The van der Waals surface area contributed by atoms with Crippen molar-refractivity contribution in [3.63, 3.8) is 0 Å². The third-order valence-electron chi connectivity index (χ3n) is 2.38. The molecule has 0 spiro atoms. The minimum atomic E-state index is 0.841. The predicted molar refractivity (Wildman–Crippen MR) is 40.2 cm³/mol. The first-order valence-corrected chi connectivity index (χ1v) is 4.03. The highest BCUT2D eigenvalue weighted by Gasteiger charge is 2.16. The fraction of sp³-hybridized carbons (Fsp3) is 1.00. The molecule has 1 aliphatic rings. The quantitative estimate of drug-likeness (QED) is 0.570. The first kappa shape index (κ1) is 7.07. The fourth-order valence-electron chi connectivity index (χ4n) is 1.77. The van der Waals surface area contributed by atoms with Gasteiger partial charge in [0.2, 0.25) is 0 Å². The zero-order valence-corrected chi connectivity index (χ0v) is 6.27. The van der Waals surface area contributed by atoms with Gasteiger partial charge in [-0.05, 0) is 31.2 Å². The SMILES string of the molecule is C[C@@H]1CCCC(CN)C1. The third kappa shape index (κ3) is 1.98. The summed E-state index contributed by atoms with van der Waals surface area (Å²) in [7, 11) is 0. The molecule has 1 nitrogen and oxygen atoms in total. The molecule has 1 heteroatoms. The van der Waals surface area contributed by atoms with Crippen molar-refractivity contribution in [1.29, 1.82) is 0 Å². The Hall–Kier alpha value is -0.0400. The van der Waals surface area contributed by atoms with Gasteiger partial charge in [0.1, 0.15) is 0 Å². The number of hydrogen-bond acceptors (Lipinski definition) is 1. The molecule has 0 radical (unpaired) electrons. The molecular weight excluding hydrogens is 110 g/mol. The van der Waals surface area contributed by atoms with Crippen LogP contribution in [0.25, 0.3) is 0 Å². The Kier molecular flexibility index (Phi) is 2.52. The van der Waals surface area contributed by atoms with Crippen molar-refractivity contribution in [3.05, 3.63) is 0 Å². The molecule has 54 valence electrons. The molecule has 2 N–H and O–H groups in total. The molecule has 0 aromatic carbocycles. The second kappa shape index (κ2) is 3.21. The Bertz CT molecular complexity index is 80.6. The Labute approximate surface area is 57.6 Å². The maximum atomic E-state index is 5.57. The van der Waals surface area contributed by atoms with Crippen molar-refractivity contribution in [2.45, 2.75) is 32.6 Å². The number of rotatable bonds is 1. The molecule has 0 bridgehead atoms. The summed E-state index contributed by atoms with van der Waals surface area (Å²) >= 11 is 0. The zero-order valence-electron chi connectivity index (χ0n) is 6.27. The standard InChI is InChI=1S/C8H17N/c1-7-3-2-4-8(5-7)6-9/h7-8H,2-6,9H2,1H3/t7-,8?/m1/s1. The van der Waals surface area contributed by atoms with Crippen LogP contribution >= 0.6 is 0 Å². The van der Waals surface area contributed by atoms with Gasteiger partial charge in [0.05, 0.1) is 0 Å². The van der Waals surface area contributed by atoms with Crippen LogP contribution in [0.4, 0.5) is 0 Å². The summed E-state index contributed by atoms with van der Waals surface area (Å²) in [6, 6.07) is 0. The van der Waals surface area contributed by atoms with E-state index in [-0.39, 0.29) is 0 Å². The van der Waals surface area contributed by atoms with Crippen molar-refractivity contribution < 1.29 is 0 Å². The highest BCUT2D eigenvalue weighted by Crippen LogP contribution is 2.27. The van der Waals surface area contributed by atoms with E-state index in [1.165, 1.54) is 25.7 Å². The maximum absolute atomic E-state index is 5.57. The molecule has 0 amide bonds. The van der Waals surface area contributed by atoms with E-state index < -0.39 is 0 Å². The van der Waals surface area contributed by atoms with Crippen molar-refractivity contribution in [2.24, 2.45) is 17.6 Å². The van der Waals surface area contributed by atoms with Gasteiger partial charge in [0, 0.05) is 0 Å². The van der Waals surface area contributed by atoms with Gasteiger partial charge in [0.25, 0.3) is 0 Å². The van der Waals surface area contributed by atoms with E-state index in [2.05, 4.69) is 6.92 Å². The van der Waals surface area contributed by atoms with Crippen molar-refractivity contribution in [3.8, 4) is 0 Å². The van der Waals surface area contributed by atoms with E-state index >= 15 is 0 Å². The lowest BCUT2D eigenvalue weighted by Crippen LogP contribution is -2.20. The summed E-state index contributed by atoms with van der Waals surface area (Å²) in [5, 5.41) is 0. The van der Waals surface area contributed by atoms with Crippen LogP contribution in [0, 0.1) is 11.8 Å². The second-order valence-electron chi connectivity index (χ2n) is 3.37. The van der Waals surface area contributed by atoms with E-state index in [1.807, 2.05) is 0 Å². The fourth-order valence-corrected chi connectivity index (χ4v) is 1.77. The third-order valence-corrected chi connectivity index (χ3v) is 2.38. The minimum Gasteiger partial charge on any atom is -0.330 e. The molecule has 0 aliphatic heterocycles. The lowest BCUT2D eigenvalue weighted by molar-refractivity contribution is 0.288. The number of nitrogens with two attached hydrogens (primary N) is 1. The first-order valence-electron chi connectivity index (χ1n) is 4.03. The Morgan fingerprint density at radius 3 is 2.67 bits per heavy atom. The summed E-state index contributed by atoms with van der Waals surface area (Å²) in [4.78, 5) is 0. The second-order valence-corrected chi connectivity index (χ2v) is 3.37. The van der Waals surface area contributed by atoms with Crippen LogP contribution in [0.2, 0.25) is 0 Å². The van der Waals surface area contributed by atoms with E-state index in [9.17, 15) is 0 Å². The smallest absolute Gasteiger partial charge is 0.00488 e. The molecule has 1 rings (SSSR count). The minimum absolute atomic E-state index is 0.841. The summed E-state index contributed by atoms with van der Waals surface area (Å²) in [5.41, 5.74) is 5.57. The predicted octanol–water partition coefficient (Wildman–Crippen LogP) is 1.77. The molecule has 2 atom stereocenters. The highest BCUT2D eigenvalue weighted by molar-refractivity contribution is 4.70. The van der Waals surface area contributed by atoms with Gasteiger partial charge >= 0.3 is 0 Å². The van der Waals surface area contributed by atoms with E-state index in [1.54, 1.807) is 0 Å². The average molecular weight is 127 g/mol. The van der Waals surface area contributed by atoms with Gasteiger partial charge in [-0.2, -0.15) is 0 Å². The van der Waals surface area contributed by atoms with Gasteiger partial charge in [-0.15, -0.1) is 0 Å². The van der Waals surface area contributed by atoms with Gasteiger partial charge in [-0.25, -0.2) is 0 Å². The largest absolute Gasteiger partial charge is 0.330 e. The van der Waals surface area contributed by atoms with Gasteiger partial charge < -0.3 is 5.73 Å². The summed E-state index contributed by atoms with van der Waals surface area (Å²) < 4.78 is 0. The van der Waals surface area contributed by atoms with Crippen LogP contribution in [-0.2, 0) is 0 Å². The first-order chi connectivity index (χ1) is 4.33. The average Bonchev–Trinajstić information content (AvgIpc) is 1.88. The topological polar surface area (TPSA) is 26.0 Å². The molecule has 0 saturated heterocycles. The Balaban J connectivity index is 2.23. The van der Waals surface area contributed by atoms with E-state index in [0.29, 0.717) is 0 Å². The van der Waals surface area contributed by atoms with Crippen molar-refractivity contribution in [2.75, 3.05) is 6.54 Å². The molecule has 9 heavy (non-hydrogen) atoms. The van der Waals surface area contributed by atoms with Crippen molar-refractivity contribution in [1.82, 2.24) is 0 Å². The highest BCUT2D eigenvalue weighted by atomic mass is 14.5. The Morgan fingerprint density at radius 1 is 1.44 bits per heavy atom. The van der Waals surface area contributed by atoms with Crippen molar-refractivity contribution >= 4 is 0 Å². The molecule has 1 aliphatic carbocycles. The molecular formula is C8H17N. The molecule has 1 saturated carbocycles. The van der Waals surface area contributed by atoms with Crippen LogP contribution in [-0.4, -0.2) is 6.54 Å². The van der Waals surface area contributed by atoms with E-state index in [0.717, 1.165) is 18.4 Å². The van der Waals surface area contributed by atoms with Crippen LogP contribution < -0.4 is 5.73 Å². The van der Waals surface area contributed by atoms with Gasteiger partial charge in [0.15, 0.2) is 0 Å². The number of hydrogen-bond donors (Lipinski definition) is 1.